The Balaban J connectivity index is 1.12. The second-order valence-corrected chi connectivity index (χ2v) is 11.4. The first kappa shape index (κ1) is 22.5. The summed E-state index contributed by atoms with van der Waals surface area (Å²) in [6.45, 7) is 3.50. The standard InChI is InChI=1S/C28H35N5O3/c29-26-25-24(19-2-1-3-23(12-19)35-16-28-7-4-22(36-28)5-8-28)15-33(27(25)31-17-30-26)20-10-18(11-20)13-32-9-6-21(34)14-32/h1-3,12,15,17-18,20-22,34H,4-11,13-14,16H2,(H2,29,30,31)/t18-,20+,21-,22?,28?/m1/s1. The van der Waals surface area contributed by atoms with Gasteiger partial charge in [0, 0.05) is 37.4 Å². The van der Waals surface area contributed by atoms with Crippen molar-refractivity contribution in [2.24, 2.45) is 5.92 Å². The van der Waals surface area contributed by atoms with E-state index in [0.29, 0.717) is 30.5 Å². The molecule has 8 nitrogen and oxygen atoms in total. The zero-order chi connectivity index (χ0) is 24.3. The van der Waals surface area contributed by atoms with Crippen LogP contribution in [0, 0.1) is 5.92 Å². The van der Waals surface area contributed by atoms with Gasteiger partial charge in [-0.2, -0.15) is 0 Å². The third-order valence-corrected chi connectivity index (χ3v) is 8.91. The number of nitrogens with zero attached hydrogens (tertiary/aromatic N) is 4. The minimum absolute atomic E-state index is 0.0944. The van der Waals surface area contributed by atoms with Crippen molar-refractivity contribution in [1.82, 2.24) is 19.4 Å². The van der Waals surface area contributed by atoms with E-state index in [-0.39, 0.29) is 11.7 Å². The van der Waals surface area contributed by atoms with Crippen LogP contribution >= 0.6 is 0 Å². The van der Waals surface area contributed by atoms with Crippen molar-refractivity contribution in [2.45, 2.75) is 68.8 Å². The molecule has 1 aromatic carbocycles. The van der Waals surface area contributed by atoms with E-state index in [9.17, 15) is 5.11 Å². The van der Waals surface area contributed by atoms with Gasteiger partial charge in [0.1, 0.15) is 35.7 Å². The lowest BCUT2D eigenvalue weighted by molar-refractivity contribution is -0.0198. The predicted molar refractivity (Wildman–Crippen MR) is 138 cm³/mol. The molecule has 1 atom stereocenters. The van der Waals surface area contributed by atoms with Crippen LogP contribution < -0.4 is 10.5 Å². The second kappa shape index (κ2) is 8.71. The smallest absolute Gasteiger partial charge is 0.146 e. The number of likely N-dealkylation sites (tertiary alicyclic amines) is 1. The van der Waals surface area contributed by atoms with Gasteiger partial charge in [-0.25, -0.2) is 9.97 Å². The molecule has 3 saturated heterocycles. The summed E-state index contributed by atoms with van der Waals surface area (Å²) in [4.78, 5) is 11.4. The summed E-state index contributed by atoms with van der Waals surface area (Å²) >= 11 is 0. The van der Waals surface area contributed by atoms with E-state index in [1.54, 1.807) is 6.33 Å². The molecule has 1 saturated carbocycles. The fraction of sp³-hybridized carbons (Fsp3) is 0.571. The SMILES string of the molecule is Nc1ncnc2c1c(-c1cccc(OCC34CCC(CC3)O4)c1)cn2[C@H]1C[C@@H](CN2CC[C@@H](O)C2)C1. The van der Waals surface area contributed by atoms with Gasteiger partial charge in [0.15, 0.2) is 0 Å². The van der Waals surface area contributed by atoms with Gasteiger partial charge in [-0.3, -0.25) is 0 Å². The maximum absolute atomic E-state index is 9.84. The molecule has 8 heteroatoms. The first-order valence-corrected chi connectivity index (χ1v) is 13.5. The second-order valence-electron chi connectivity index (χ2n) is 11.4. The van der Waals surface area contributed by atoms with Crippen LogP contribution in [0.3, 0.4) is 0 Å². The van der Waals surface area contributed by atoms with Crippen molar-refractivity contribution < 1.29 is 14.6 Å². The van der Waals surface area contributed by atoms with Gasteiger partial charge < -0.3 is 29.8 Å². The number of aromatic nitrogens is 3. The number of rotatable bonds is 7. The number of benzene rings is 1. The summed E-state index contributed by atoms with van der Waals surface area (Å²) in [5, 5.41) is 10.8. The topological polar surface area (TPSA) is 98.7 Å². The summed E-state index contributed by atoms with van der Waals surface area (Å²) in [5.74, 6) is 2.02. The van der Waals surface area contributed by atoms with Crippen molar-refractivity contribution in [3.63, 3.8) is 0 Å². The molecule has 0 radical (unpaired) electrons. The fourth-order valence-corrected chi connectivity index (χ4v) is 6.88. The summed E-state index contributed by atoms with van der Waals surface area (Å²) in [7, 11) is 0. The Hall–Kier alpha value is -2.68. The molecule has 3 aromatic rings. The minimum atomic E-state index is -0.156. The molecule has 2 bridgehead atoms. The quantitative estimate of drug-likeness (QED) is 0.521. The number of β-amino-alcohol motifs (C(OH)–C–C–N with tert-alkyl or cyclic N) is 1. The lowest BCUT2D eigenvalue weighted by atomic mass is 9.79. The van der Waals surface area contributed by atoms with Crippen molar-refractivity contribution in [3.05, 3.63) is 36.8 Å². The highest BCUT2D eigenvalue weighted by Gasteiger charge is 2.46. The molecule has 3 aliphatic heterocycles. The molecule has 1 aliphatic carbocycles. The van der Waals surface area contributed by atoms with Crippen LogP contribution in [0.5, 0.6) is 5.75 Å². The molecular formula is C28H35N5O3. The van der Waals surface area contributed by atoms with Crippen LogP contribution in [0.15, 0.2) is 36.8 Å². The Kier molecular flexibility index (Phi) is 5.45. The lowest BCUT2D eigenvalue weighted by Gasteiger charge is -2.38. The van der Waals surface area contributed by atoms with Crippen molar-refractivity contribution >= 4 is 16.9 Å². The molecule has 5 heterocycles. The molecule has 0 unspecified atom stereocenters. The number of ether oxygens (including phenoxy) is 2. The Morgan fingerprint density at radius 2 is 2.03 bits per heavy atom. The third kappa shape index (κ3) is 3.96. The molecule has 36 heavy (non-hydrogen) atoms. The Morgan fingerprint density at radius 1 is 1.17 bits per heavy atom. The minimum Gasteiger partial charge on any atom is -0.491 e. The zero-order valence-electron chi connectivity index (χ0n) is 20.7. The lowest BCUT2D eigenvalue weighted by Crippen LogP contribution is -2.36. The average molecular weight is 490 g/mol. The molecular weight excluding hydrogens is 454 g/mol. The van der Waals surface area contributed by atoms with Crippen LogP contribution in [0.25, 0.3) is 22.2 Å². The number of nitrogen functional groups attached to an aromatic ring is 1. The van der Waals surface area contributed by atoms with Crippen LogP contribution in [-0.2, 0) is 4.74 Å². The molecule has 190 valence electrons. The van der Waals surface area contributed by atoms with Crippen molar-refractivity contribution in [1.29, 1.82) is 0 Å². The Morgan fingerprint density at radius 3 is 2.78 bits per heavy atom. The van der Waals surface area contributed by atoms with Gasteiger partial charge in [0.2, 0.25) is 0 Å². The van der Waals surface area contributed by atoms with E-state index in [1.165, 1.54) is 0 Å². The third-order valence-electron chi connectivity index (χ3n) is 8.91. The van der Waals surface area contributed by atoms with E-state index in [2.05, 4.69) is 37.8 Å². The molecule has 4 fully saturated rings. The number of aliphatic hydroxyl groups excluding tert-OH is 1. The number of fused-ring (bicyclic) bond motifs is 3. The van der Waals surface area contributed by atoms with Crippen LogP contribution in [0.1, 0.15) is 51.0 Å². The number of nitrogens with two attached hydrogens (primary N) is 1. The van der Waals surface area contributed by atoms with Gasteiger partial charge in [-0.05, 0) is 68.6 Å². The summed E-state index contributed by atoms with van der Waals surface area (Å²) in [6, 6.07) is 8.68. The van der Waals surface area contributed by atoms with Crippen molar-refractivity contribution in [2.75, 3.05) is 32.0 Å². The van der Waals surface area contributed by atoms with E-state index in [4.69, 9.17) is 15.2 Å². The summed E-state index contributed by atoms with van der Waals surface area (Å²) in [6.07, 6.45) is 11.7. The first-order valence-electron chi connectivity index (χ1n) is 13.5. The van der Waals surface area contributed by atoms with Gasteiger partial charge in [-0.1, -0.05) is 12.1 Å². The largest absolute Gasteiger partial charge is 0.491 e. The van der Waals surface area contributed by atoms with Gasteiger partial charge in [0.25, 0.3) is 0 Å². The number of hydrogen-bond donors (Lipinski definition) is 2. The summed E-state index contributed by atoms with van der Waals surface area (Å²) in [5.41, 5.74) is 9.32. The van der Waals surface area contributed by atoms with E-state index >= 15 is 0 Å². The maximum atomic E-state index is 9.84. The fourth-order valence-electron chi connectivity index (χ4n) is 6.88. The predicted octanol–water partition coefficient (Wildman–Crippen LogP) is 3.79. The molecule has 0 spiro atoms. The normalized spacial score (nSPS) is 31.8. The molecule has 0 amide bonds. The average Bonchev–Trinajstić information content (AvgIpc) is 3.64. The summed E-state index contributed by atoms with van der Waals surface area (Å²) < 4.78 is 14.8. The number of hydrogen-bond acceptors (Lipinski definition) is 7. The van der Waals surface area contributed by atoms with Gasteiger partial charge in [-0.15, -0.1) is 0 Å². The molecule has 3 N–H and O–H groups in total. The Bertz CT molecular complexity index is 1260. The Labute approximate surface area is 211 Å². The maximum Gasteiger partial charge on any atom is 0.146 e. The highest BCUT2D eigenvalue weighted by molar-refractivity contribution is 6.00. The highest BCUT2D eigenvalue weighted by atomic mass is 16.6. The van der Waals surface area contributed by atoms with E-state index < -0.39 is 0 Å². The monoisotopic (exact) mass is 489 g/mol. The van der Waals surface area contributed by atoms with Crippen LogP contribution in [0.4, 0.5) is 5.82 Å². The van der Waals surface area contributed by atoms with Crippen molar-refractivity contribution in [3.8, 4) is 16.9 Å². The molecule has 7 rings (SSSR count). The van der Waals surface area contributed by atoms with Crippen LogP contribution in [-0.4, -0.2) is 68.6 Å². The highest BCUT2D eigenvalue weighted by Crippen LogP contribution is 2.45. The van der Waals surface area contributed by atoms with E-state index in [1.807, 2.05) is 12.1 Å². The van der Waals surface area contributed by atoms with Gasteiger partial charge >= 0.3 is 0 Å². The van der Waals surface area contributed by atoms with Crippen LogP contribution in [0.2, 0.25) is 0 Å². The van der Waals surface area contributed by atoms with E-state index in [0.717, 1.165) is 92.5 Å². The first-order chi connectivity index (χ1) is 17.6. The molecule has 2 aromatic heterocycles. The van der Waals surface area contributed by atoms with Gasteiger partial charge in [0.05, 0.1) is 17.6 Å². The zero-order valence-corrected chi connectivity index (χ0v) is 20.7. The molecule has 4 aliphatic rings. The number of aliphatic hydroxyl groups is 1. The number of anilines is 1.